The van der Waals surface area contributed by atoms with Gasteiger partial charge in [0.1, 0.15) is 5.75 Å². The van der Waals surface area contributed by atoms with Crippen molar-refractivity contribution in [1.82, 2.24) is 4.57 Å². The number of aryl methyl sites for hydroxylation is 3. The quantitative estimate of drug-likeness (QED) is 0.867. The summed E-state index contributed by atoms with van der Waals surface area (Å²) in [6, 6.07) is 3.34. The number of amides is 1. The van der Waals surface area contributed by atoms with Gasteiger partial charge in [0.15, 0.2) is 0 Å². The van der Waals surface area contributed by atoms with E-state index in [-0.39, 0.29) is 17.9 Å². The molecule has 2 rings (SSSR count). The molecule has 1 amide bonds. The maximum Gasteiger partial charge on any atom is 0.337 e. The number of carboxylic acids is 1. The monoisotopic (exact) mass is 350 g/mol. The predicted octanol–water partition coefficient (Wildman–Crippen LogP) is 3.18. The van der Waals surface area contributed by atoms with Gasteiger partial charge in [0.05, 0.1) is 24.8 Å². The lowest BCUT2D eigenvalue weighted by atomic mass is 10.1. The number of anilines is 1. The molecule has 0 aliphatic carbocycles. The molecule has 1 heterocycles. The summed E-state index contributed by atoms with van der Waals surface area (Å²) in [5.74, 6) is -0.935. The molecule has 0 aliphatic heterocycles. The molecule has 7 heteroatoms. The lowest BCUT2D eigenvalue weighted by Crippen LogP contribution is -2.18. The number of carboxylic acid groups (broad SMARTS) is 1. The molecule has 0 aliphatic rings. The van der Waals surface area contributed by atoms with Crippen LogP contribution in [0.5, 0.6) is 5.75 Å². The number of nitrogens with zero attached hydrogens (tertiary/aromatic N) is 1. The molecular weight excluding hydrogens is 332 g/mol. The zero-order valence-electron chi connectivity index (χ0n) is 13.9. The number of ether oxygens (including phenoxy) is 1. The van der Waals surface area contributed by atoms with E-state index in [1.165, 1.54) is 7.11 Å². The number of aromatic carboxylic acids is 1. The van der Waals surface area contributed by atoms with Crippen LogP contribution in [-0.2, 0) is 18.3 Å². The molecule has 1 aromatic carbocycles. The number of carbonyl (C=O) groups excluding carboxylic acids is 1. The first-order chi connectivity index (χ1) is 11.2. The second kappa shape index (κ2) is 6.97. The van der Waals surface area contributed by atoms with Crippen LogP contribution in [0.15, 0.2) is 18.3 Å². The van der Waals surface area contributed by atoms with Crippen LogP contribution in [0.2, 0.25) is 5.02 Å². The molecule has 24 heavy (non-hydrogen) atoms. The molecule has 6 nitrogen and oxygen atoms in total. The minimum atomic E-state index is -1.05. The first-order valence-corrected chi connectivity index (χ1v) is 7.64. The zero-order chi connectivity index (χ0) is 18.0. The first kappa shape index (κ1) is 17.9. The second-order valence-electron chi connectivity index (χ2n) is 5.58. The number of aromatic nitrogens is 1. The molecule has 0 bridgehead atoms. The highest BCUT2D eigenvalue weighted by atomic mass is 35.5. The van der Waals surface area contributed by atoms with Gasteiger partial charge < -0.3 is 19.7 Å². The molecule has 2 N–H and O–H groups in total. The van der Waals surface area contributed by atoms with Crippen molar-refractivity contribution >= 4 is 29.2 Å². The molecular formula is C17H19ClN2O4. The van der Waals surface area contributed by atoms with Gasteiger partial charge in [0.2, 0.25) is 5.91 Å². The molecule has 0 saturated heterocycles. The van der Waals surface area contributed by atoms with E-state index in [9.17, 15) is 14.7 Å². The molecule has 0 fully saturated rings. The molecule has 0 unspecified atom stereocenters. The van der Waals surface area contributed by atoms with E-state index in [1.54, 1.807) is 36.9 Å². The van der Waals surface area contributed by atoms with Gasteiger partial charge in [-0.1, -0.05) is 11.6 Å². The van der Waals surface area contributed by atoms with Crippen molar-refractivity contribution < 1.29 is 19.4 Å². The Morgan fingerprint density at radius 1 is 1.29 bits per heavy atom. The normalized spacial score (nSPS) is 10.5. The van der Waals surface area contributed by atoms with Crippen molar-refractivity contribution in [2.75, 3.05) is 12.4 Å². The lowest BCUT2D eigenvalue weighted by Gasteiger charge is -2.13. The van der Waals surface area contributed by atoms with E-state index < -0.39 is 5.97 Å². The SMILES string of the molecule is COc1cc(Cl)c(C)cc1NC(=O)Cc1c(C(=O)O)c(C)cn1C. The van der Waals surface area contributed by atoms with Crippen LogP contribution in [0.25, 0.3) is 0 Å². The summed E-state index contributed by atoms with van der Waals surface area (Å²) < 4.78 is 6.88. The second-order valence-corrected chi connectivity index (χ2v) is 5.98. The van der Waals surface area contributed by atoms with Crippen molar-refractivity contribution in [3.8, 4) is 5.75 Å². The van der Waals surface area contributed by atoms with Crippen molar-refractivity contribution in [2.45, 2.75) is 20.3 Å². The van der Waals surface area contributed by atoms with E-state index in [4.69, 9.17) is 16.3 Å². The van der Waals surface area contributed by atoms with E-state index in [1.807, 2.05) is 6.92 Å². The largest absolute Gasteiger partial charge is 0.495 e. The molecule has 0 saturated carbocycles. The third-order valence-corrected chi connectivity index (χ3v) is 4.20. The van der Waals surface area contributed by atoms with Gasteiger partial charge in [0, 0.05) is 30.0 Å². The lowest BCUT2D eigenvalue weighted by molar-refractivity contribution is -0.115. The first-order valence-electron chi connectivity index (χ1n) is 7.26. The minimum absolute atomic E-state index is 0.0587. The number of methoxy groups -OCH3 is 1. The summed E-state index contributed by atoms with van der Waals surface area (Å²) in [6.45, 7) is 3.52. The Labute approximate surface area is 145 Å². The summed E-state index contributed by atoms with van der Waals surface area (Å²) in [7, 11) is 3.20. The highest BCUT2D eigenvalue weighted by molar-refractivity contribution is 6.31. The van der Waals surface area contributed by atoms with Crippen molar-refractivity contribution in [3.05, 3.63) is 45.7 Å². The zero-order valence-corrected chi connectivity index (χ0v) is 14.7. The van der Waals surface area contributed by atoms with Crippen LogP contribution >= 0.6 is 11.6 Å². The fourth-order valence-corrected chi connectivity index (χ4v) is 2.77. The summed E-state index contributed by atoms with van der Waals surface area (Å²) in [4.78, 5) is 23.8. The van der Waals surface area contributed by atoms with Crippen molar-refractivity contribution in [3.63, 3.8) is 0 Å². The number of hydrogen-bond donors (Lipinski definition) is 2. The Balaban J connectivity index is 2.27. The Kier molecular flexibility index (Phi) is 5.19. The highest BCUT2D eigenvalue weighted by Crippen LogP contribution is 2.31. The number of rotatable bonds is 5. The van der Waals surface area contributed by atoms with Gasteiger partial charge >= 0.3 is 5.97 Å². The Bertz CT molecular complexity index is 811. The Hall–Kier alpha value is -2.47. The summed E-state index contributed by atoms with van der Waals surface area (Å²) in [6.07, 6.45) is 1.63. The van der Waals surface area contributed by atoms with Crippen LogP contribution in [-0.4, -0.2) is 28.7 Å². The van der Waals surface area contributed by atoms with Gasteiger partial charge in [-0.2, -0.15) is 0 Å². The van der Waals surface area contributed by atoms with Gasteiger partial charge in [0.25, 0.3) is 0 Å². The summed E-state index contributed by atoms with van der Waals surface area (Å²) in [5, 5.41) is 12.6. The molecule has 0 atom stereocenters. The third-order valence-electron chi connectivity index (χ3n) is 3.79. The molecule has 2 aromatic rings. The van der Waals surface area contributed by atoms with Crippen LogP contribution in [0.4, 0.5) is 5.69 Å². The Morgan fingerprint density at radius 2 is 1.96 bits per heavy atom. The average Bonchev–Trinajstić information content (AvgIpc) is 2.76. The number of hydrogen-bond acceptors (Lipinski definition) is 3. The van der Waals surface area contributed by atoms with E-state index in [2.05, 4.69) is 5.32 Å². The summed E-state index contributed by atoms with van der Waals surface area (Å²) in [5.41, 5.74) is 2.52. The van der Waals surface area contributed by atoms with E-state index in [0.29, 0.717) is 27.7 Å². The highest BCUT2D eigenvalue weighted by Gasteiger charge is 2.20. The van der Waals surface area contributed by atoms with Gasteiger partial charge in [-0.15, -0.1) is 0 Å². The van der Waals surface area contributed by atoms with Gasteiger partial charge in [-0.3, -0.25) is 4.79 Å². The van der Waals surface area contributed by atoms with Gasteiger partial charge in [-0.25, -0.2) is 4.79 Å². The maximum atomic E-state index is 12.4. The molecule has 128 valence electrons. The molecule has 0 spiro atoms. The van der Waals surface area contributed by atoms with Crippen LogP contribution in [0.1, 0.15) is 27.2 Å². The minimum Gasteiger partial charge on any atom is -0.495 e. The topological polar surface area (TPSA) is 80.6 Å². The smallest absolute Gasteiger partial charge is 0.337 e. The fraction of sp³-hybridized carbons (Fsp3) is 0.294. The van der Waals surface area contributed by atoms with Crippen molar-refractivity contribution in [2.24, 2.45) is 7.05 Å². The molecule has 1 aromatic heterocycles. The number of nitrogens with one attached hydrogen (secondary N) is 1. The number of carbonyl (C=O) groups is 2. The van der Waals surface area contributed by atoms with Gasteiger partial charge in [-0.05, 0) is 31.0 Å². The maximum absolute atomic E-state index is 12.4. The molecule has 0 radical (unpaired) electrons. The third kappa shape index (κ3) is 3.54. The standard InChI is InChI=1S/C17H19ClN2O4/c1-9-5-12(14(24-4)6-11(9)18)19-15(21)7-13-16(17(22)23)10(2)8-20(13)3/h5-6,8H,7H2,1-4H3,(H,19,21)(H,22,23). The number of benzene rings is 1. The van der Waals surface area contributed by atoms with Crippen molar-refractivity contribution in [1.29, 1.82) is 0 Å². The van der Waals surface area contributed by atoms with Crippen LogP contribution in [0, 0.1) is 13.8 Å². The van der Waals surface area contributed by atoms with E-state index >= 15 is 0 Å². The predicted molar refractivity (Wildman–Crippen MR) is 92.2 cm³/mol. The number of halogens is 1. The fourth-order valence-electron chi connectivity index (χ4n) is 2.62. The Morgan fingerprint density at radius 3 is 2.54 bits per heavy atom. The van der Waals surface area contributed by atoms with E-state index in [0.717, 1.165) is 5.56 Å². The van der Waals surface area contributed by atoms with Crippen LogP contribution in [0.3, 0.4) is 0 Å². The average molecular weight is 351 g/mol. The summed E-state index contributed by atoms with van der Waals surface area (Å²) >= 11 is 6.05. The van der Waals surface area contributed by atoms with Crippen LogP contribution < -0.4 is 10.1 Å².